The van der Waals surface area contributed by atoms with E-state index in [9.17, 15) is 0 Å². The first-order valence-electron chi connectivity index (χ1n) is 5.65. The van der Waals surface area contributed by atoms with E-state index in [2.05, 4.69) is 35.9 Å². The Labute approximate surface area is 91.9 Å². The van der Waals surface area contributed by atoms with Gasteiger partial charge in [-0.1, -0.05) is 61.5 Å². The molecule has 0 aliphatic rings. The van der Waals surface area contributed by atoms with E-state index in [0.29, 0.717) is 0 Å². The van der Waals surface area contributed by atoms with Crippen molar-refractivity contribution >= 4 is 15.9 Å². The highest BCUT2D eigenvalue weighted by molar-refractivity contribution is 9.11. The van der Waals surface area contributed by atoms with Crippen molar-refractivity contribution in [3.8, 4) is 0 Å². The maximum Gasteiger partial charge on any atom is -0.00892 e. The second kappa shape index (κ2) is 10.3. The summed E-state index contributed by atoms with van der Waals surface area (Å²) in [5.74, 6) is 0. The minimum atomic E-state index is 1.24. The summed E-state index contributed by atoms with van der Waals surface area (Å²) in [7, 11) is 0. The fraction of sp³-hybridized carbons (Fsp3) is 0.833. The Bertz CT molecular complexity index is 127. The van der Waals surface area contributed by atoms with Gasteiger partial charge in [-0.05, 0) is 30.2 Å². The van der Waals surface area contributed by atoms with Crippen LogP contribution in [0.3, 0.4) is 0 Å². The molecule has 0 bridgehead atoms. The Balaban J connectivity index is 3.29. The summed E-state index contributed by atoms with van der Waals surface area (Å²) in [5.41, 5.74) is 0. The van der Waals surface area contributed by atoms with E-state index in [1.165, 1.54) is 55.8 Å². The average Bonchev–Trinajstić information content (AvgIpc) is 2.13. The molecule has 1 heteroatoms. The summed E-state index contributed by atoms with van der Waals surface area (Å²) in [6.07, 6.45) is 12.9. The van der Waals surface area contributed by atoms with Crippen LogP contribution in [0.2, 0.25) is 0 Å². The standard InChI is InChI=1S/C12H23Br/c1-3-5-7-9-11-12(13)10-8-6-4-2/h11H,3-10H2,1-2H3/b12-11-. The van der Waals surface area contributed by atoms with Crippen molar-refractivity contribution in [1.82, 2.24) is 0 Å². The van der Waals surface area contributed by atoms with E-state index >= 15 is 0 Å². The fourth-order valence-corrected chi connectivity index (χ4v) is 1.81. The van der Waals surface area contributed by atoms with Crippen LogP contribution in [0.4, 0.5) is 0 Å². The van der Waals surface area contributed by atoms with E-state index in [1.54, 1.807) is 0 Å². The van der Waals surface area contributed by atoms with Crippen LogP contribution in [-0.2, 0) is 0 Å². The molecule has 0 aromatic heterocycles. The molecule has 0 rings (SSSR count). The molecule has 0 spiro atoms. The first-order valence-corrected chi connectivity index (χ1v) is 6.45. The Kier molecular flexibility index (Phi) is 10.5. The summed E-state index contributed by atoms with van der Waals surface area (Å²) in [6.45, 7) is 4.50. The van der Waals surface area contributed by atoms with Crippen molar-refractivity contribution in [3.63, 3.8) is 0 Å². The Morgan fingerprint density at radius 3 is 2.23 bits per heavy atom. The first kappa shape index (κ1) is 13.2. The third-order valence-electron chi connectivity index (χ3n) is 2.19. The highest BCUT2D eigenvalue weighted by atomic mass is 79.9. The van der Waals surface area contributed by atoms with Crippen LogP contribution < -0.4 is 0 Å². The van der Waals surface area contributed by atoms with Crippen LogP contribution >= 0.6 is 15.9 Å². The lowest BCUT2D eigenvalue weighted by Gasteiger charge is -1.98. The van der Waals surface area contributed by atoms with Gasteiger partial charge in [0.05, 0.1) is 0 Å². The van der Waals surface area contributed by atoms with Crippen molar-refractivity contribution in [3.05, 3.63) is 10.6 Å². The number of hydrogen-bond donors (Lipinski definition) is 0. The zero-order valence-corrected chi connectivity index (χ0v) is 10.7. The van der Waals surface area contributed by atoms with Gasteiger partial charge in [-0.25, -0.2) is 0 Å². The monoisotopic (exact) mass is 246 g/mol. The minimum Gasteiger partial charge on any atom is -0.0744 e. The van der Waals surface area contributed by atoms with E-state index < -0.39 is 0 Å². The molecule has 0 nitrogen and oxygen atoms in total. The lowest BCUT2D eigenvalue weighted by Crippen LogP contribution is -1.77. The molecular formula is C12H23Br. The lowest BCUT2D eigenvalue weighted by molar-refractivity contribution is 0.713. The van der Waals surface area contributed by atoms with Gasteiger partial charge in [-0.2, -0.15) is 0 Å². The predicted octanol–water partition coefficient (Wildman–Crippen LogP) is 5.43. The van der Waals surface area contributed by atoms with Crippen molar-refractivity contribution in [2.75, 3.05) is 0 Å². The fourth-order valence-electron chi connectivity index (χ4n) is 1.30. The molecule has 0 saturated carbocycles. The number of hydrogen-bond acceptors (Lipinski definition) is 0. The van der Waals surface area contributed by atoms with E-state index in [4.69, 9.17) is 0 Å². The summed E-state index contributed by atoms with van der Waals surface area (Å²) in [5, 5.41) is 0. The molecule has 0 amide bonds. The highest BCUT2D eigenvalue weighted by Crippen LogP contribution is 2.16. The quantitative estimate of drug-likeness (QED) is 0.502. The van der Waals surface area contributed by atoms with Crippen LogP contribution in [0.5, 0.6) is 0 Å². The Morgan fingerprint density at radius 2 is 1.62 bits per heavy atom. The van der Waals surface area contributed by atoms with Crippen molar-refractivity contribution in [2.24, 2.45) is 0 Å². The largest absolute Gasteiger partial charge is 0.0744 e. The van der Waals surface area contributed by atoms with E-state index in [-0.39, 0.29) is 0 Å². The smallest absolute Gasteiger partial charge is 0.00892 e. The van der Waals surface area contributed by atoms with Gasteiger partial charge in [0.15, 0.2) is 0 Å². The minimum absolute atomic E-state index is 1.24. The van der Waals surface area contributed by atoms with Gasteiger partial charge in [0.2, 0.25) is 0 Å². The van der Waals surface area contributed by atoms with E-state index in [1.807, 2.05) is 0 Å². The van der Waals surface area contributed by atoms with Gasteiger partial charge >= 0.3 is 0 Å². The highest BCUT2D eigenvalue weighted by Gasteiger charge is 1.91. The van der Waals surface area contributed by atoms with Crippen LogP contribution in [0.25, 0.3) is 0 Å². The van der Waals surface area contributed by atoms with Crippen LogP contribution in [0, 0.1) is 0 Å². The molecule has 0 aliphatic heterocycles. The maximum absolute atomic E-state index is 3.62. The van der Waals surface area contributed by atoms with Crippen molar-refractivity contribution < 1.29 is 0 Å². The van der Waals surface area contributed by atoms with E-state index in [0.717, 1.165) is 0 Å². The molecule has 0 saturated heterocycles. The maximum atomic E-state index is 3.62. The number of allylic oxidation sites excluding steroid dienone is 2. The third kappa shape index (κ3) is 10.1. The Hall–Kier alpha value is 0.220. The molecule has 0 radical (unpaired) electrons. The molecule has 78 valence electrons. The molecule has 0 N–H and O–H groups in total. The SMILES string of the molecule is CCCCC/C=C(\Br)CCCCC. The normalized spacial score (nSPS) is 12.1. The van der Waals surface area contributed by atoms with Gasteiger partial charge < -0.3 is 0 Å². The van der Waals surface area contributed by atoms with Gasteiger partial charge in [0, 0.05) is 0 Å². The summed E-state index contributed by atoms with van der Waals surface area (Å²) in [6, 6.07) is 0. The van der Waals surface area contributed by atoms with Crippen molar-refractivity contribution in [2.45, 2.75) is 65.2 Å². The lowest BCUT2D eigenvalue weighted by atomic mass is 10.1. The zero-order chi connectivity index (χ0) is 9.94. The van der Waals surface area contributed by atoms with Gasteiger partial charge in [-0.15, -0.1) is 0 Å². The third-order valence-corrected chi connectivity index (χ3v) is 2.91. The molecule has 0 heterocycles. The Morgan fingerprint density at radius 1 is 1.00 bits per heavy atom. The molecular weight excluding hydrogens is 224 g/mol. The molecule has 13 heavy (non-hydrogen) atoms. The second-order valence-electron chi connectivity index (χ2n) is 3.60. The molecule has 0 unspecified atom stereocenters. The summed E-state index contributed by atoms with van der Waals surface area (Å²) >= 11 is 3.62. The van der Waals surface area contributed by atoms with Crippen LogP contribution in [-0.4, -0.2) is 0 Å². The molecule has 0 atom stereocenters. The summed E-state index contributed by atoms with van der Waals surface area (Å²) < 4.78 is 1.41. The van der Waals surface area contributed by atoms with Crippen molar-refractivity contribution in [1.29, 1.82) is 0 Å². The van der Waals surface area contributed by atoms with Gasteiger partial charge in [-0.3, -0.25) is 0 Å². The topological polar surface area (TPSA) is 0 Å². The second-order valence-corrected chi connectivity index (χ2v) is 4.62. The predicted molar refractivity (Wildman–Crippen MR) is 65.3 cm³/mol. The zero-order valence-electron chi connectivity index (χ0n) is 9.11. The van der Waals surface area contributed by atoms with Crippen LogP contribution in [0.1, 0.15) is 65.2 Å². The summed E-state index contributed by atoms with van der Waals surface area (Å²) in [4.78, 5) is 0. The van der Waals surface area contributed by atoms with Crippen LogP contribution in [0.15, 0.2) is 10.6 Å². The molecule has 0 aromatic rings. The number of halogens is 1. The molecule has 0 aromatic carbocycles. The first-order chi connectivity index (χ1) is 6.31. The number of rotatable bonds is 8. The molecule has 0 aliphatic carbocycles. The average molecular weight is 247 g/mol. The number of unbranched alkanes of at least 4 members (excludes halogenated alkanes) is 5. The molecule has 0 fully saturated rings. The van der Waals surface area contributed by atoms with Gasteiger partial charge in [0.1, 0.15) is 0 Å². The van der Waals surface area contributed by atoms with Gasteiger partial charge in [0.25, 0.3) is 0 Å².